The van der Waals surface area contributed by atoms with Crippen molar-refractivity contribution >= 4 is 5.91 Å². The van der Waals surface area contributed by atoms with E-state index < -0.39 is 0 Å². The number of aryl methyl sites for hydroxylation is 1. The van der Waals surface area contributed by atoms with Gasteiger partial charge in [0.2, 0.25) is 0 Å². The van der Waals surface area contributed by atoms with Crippen LogP contribution >= 0.6 is 0 Å². The average Bonchev–Trinajstić information content (AvgIpc) is 3.13. The van der Waals surface area contributed by atoms with Gasteiger partial charge in [-0.1, -0.05) is 12.1 Å². The van der Waals surface area contributed by atoms with Gasteiger partial charge in [0.25, 0.3) is 5.91 Å². The Kier molecular flexibility index (Phi) is 3.73. The first kappa shape index (κ1) is 13.8. The second-order valence-corrected chi connectivity index (χ2v) is 5.66. The van der Waals surface area contributed by atoms with Crippen LogP contribution in [0.2, 0.25) is 0 Å². The van der Waals surface area contributed by atoms with Gasteiger partial charge in [-0.05, 0) is 42.9 Å². The molecule has 110 valence electrons. The number of halogens is 1. The average molecular weight is 287 g/mol. The molecule has 0 saturated carbocycles. The lowest BCUT2D eigenvalue weighted by Gasteiger charge is -2.15. The molecule has 5 heteroatoms. The normalized spacial score (nSPS) is 18.2. The van der Waals surface area contributed by atoms with E-state index in [-0.39, 0.29) is 11.7 Å². The van der Waals surface area contributed by atoms with Gasteiger partial charge in [-0.2, -0.15) is 0 Å². The van der Waals surface area contributed by atoms with Crippen LogP contribution in [0.25, 0.3) is 0 Å². The van der Waals surface area contributed by atoms with E-state index in [2.05, 4.69) is 9.97 Å². The summed E-state index contributed by atoms with van der Waals surface area (Å²) in [6.07, 6.45) is 4.94. The van der Waals surface area contributed by atoms with Crippen molar-refractivity contribution in [3.05, 3.63) is 53.4 Å². The second kappa shape index (κ2) is 5.68. The van der Waals surface area contributed by atoms with Crippen LogP contribution in [0.3, 0.4) is 0 Å². The number of carbonyl (C=O) groups excluding carboxylic acids is 1. The monoisotopic (exact) mass is 287 g/mol. The highest BCUT2D eigenvalue weighted by Gasteiger charge is 2.27. The largest absolute Gasteiger partial charge is 0.341 e. The number of hydrogen-bond donors (Lipinski definition) is 1. The molecule has 1 aliphatic heterocycles. The van der Waals surface area contributed by atoms with Crippen LogP contribution in [0, 0.1) is 18.7 Å². The summed E-state index contributed by atoms with van der Waals surface area (Å²) in [7, 11) is 0. The Labute approximate surface area is 123 Å². The molecule has 2 heterocycles. The van der Waals surface area contributed by atoms with Crippen molar-refractivity contribution in [3.8, 4) is 0 Å². The Hall–Kier alpha value is -2.17. The van der Waals surface area contributed by atoms with Crippen LogP contribution in [-0.2, 0) is 6.42 Å². The lowest BCUT2D eigenvalue weighted by molar-refractivity contribution is 0.0782. The number of amides is 1. The van der Waals surface area contributed by atoms with Gasteiger partial charge >= 0.3 is 0 Å². The molecule has 1 unspecified atom stereocenters. The molecule has 3 rings (SSSR count). The number of aromatic nitrogens is 2. The molecule has 0 radical (unpaired) electrons. The molecule has 2 aromatic rings. The van der Waals surface area contributed by atoms with Crippen LogP contribution in [-0.4, -0.2) is 33.9 Å². The van der Waals surface area contributed by atoms with Crippen molar-refractivity contribution in [2.45, 2.75) is 19.8 Å². The minimum atomic E-state index is -0.166. The number of nitrogens with zero attached hydrogens (tertiary/aromatic N) is 2. The summed E-state index contributed by atoms with van der Waals surface area (Å²) in [6.45, 7) is 3.29. The molecule has 1 amide bonds. The van der Waals surface area contributed by atoms with E-state index in [1.165, 1.54) is 12.4 Å². The smallest absolute Gasteiger partial charge is 0.271 e. The topological polar surface area (TPSA) is 49.0 Å². The maximum atomic E-state index is 13.3. The third kappa shape index (κ3) is 2.96. The van der Waals surface area contributed by atoms with Crippen molar-refractivity contribution in [3.63, 3.8) is 0 Å². The molecular weight excluding hydrogens is 269 g/mol. The van der Waals surface area contributed by atoms with Gasteiger partial charge in [0.15, 0.2) is 0 Å². The summed E-state index contributed by atoms with van der Waals surface area (Å²) >= 11 is 0. The van der Waals surface area contributed by atoms with Crippen molar-refractivity contribution in [1.82, 2.24) is 14.9 Å². The fraction of sp³-hybridized carbons (Fsp3) is 0.375. The van der Waals surface area contributed by atoms with Crippen LogP contribution in [0.1, 0.15) is 28.0 Å². The lowest BCUT2D eigenvalue weighted by atomic mass is 9.97. The number of benzene rings is 1. The van der Waals surface area contributed by atoms with Gasteiger partial charge in [-0.3, -0.25) is 4.79 Å². The Morgan fingerprint density at radius 3 is 3.10 bits per heavy atom. The number of rotatable bonds is 3. The highest BCUT2D eigenvalue weighted by Crippen LogP contribution is 2.23. The predicted octanol–water partition coefficient (Wildman–Crippen LogP) is 2.56. The predicted molar refractivity (Wildman–Crippen MR) is 77.4 cm³/mol. The zero-order valence-electron chi connectivity index (χ0n) is 12.0. The maximum Gasteiger partial charge on any atom is 0.271 e. The van der Waals surface area contributed by atoms with E-state index in [1.807, 2.05) is 17.0 Å². The first-order valence-electron chi connectivity index (χ1n) is 7.16. The van der Waals surface area contributed by atoms with E-state index in [0.29, 0.717) is 17.2 Å². The van der Waals surface area contributed by atoms with Crippen LogP contribution < -0.4 is 0 Å². The van der Waals surface area contributed by atoms with Crippen LogP contribution in [0.15, 0.2) is 30.7 Å². The SMILES string of the molecule is Cc1cc(CC2CCN(C(=O)c3cnc[nH]3)C2)ccc1F. The fourth-order valence-electron chi connectivity index (χ4n) is 2.89. The standard InChI is InChI=1S/C16H18FN3O/c1-11-6-12(2-3-14(11)17)7-13-4-5-20(9-13)16(21)15-8-18-10-19-15/h2-3,6,8,10,13H,4-5,7,9H2,1H3,(H,18,19). The molecule has 21 heavy (non-hydrogen) atoms. The maximum absolute atomic E-state index is 13.3. The van der Waals surface area contributed by atoms with Gasteiger partial charge in [0, 0.05) is 13.1 Å². The Morgan fingerprint density at radius 2 is 2.38 bits per heavy atom. The van der Waals surface area contributed by atoms with Crippen molar-refractivity contribution in [2.24, 2.45) is 5.92 Å². The van der Waals surface area contributed by atoms with Crippen LogP contribution in [0.5, 0.6) is 0 Å². The quantitative estimate of drug-likeness (QED) is 0.943. The zero-order chi connectivity index (χ0) is 14.8. The molecular formula is C16H18FN3O. The second-order valence-electron chi connectivity index (χ2n) is 5.66. The molecule has 0 aliphatic carbocycles. The van der Waals surface area contributed by atoms with E-state index in [9.17, 15) is 9.18 Å². The molecule has 0 bridgehead atoms. The molecule has 1 aromatic heterocycles. The molecule has 1 aliphatic rings. The molecule has 1 atom stereocenters. The molecule has 0 spiro atoms. The van der Waals surface area contributed by atoms with Gasteiger partial charge in [-0.25, -0.2) is 9.37 Å². The lowest BCUT2D eigenvalue weighted by Crippen LogP contribution is -2.29. The fourth-order valence-corrected chi connectivity index (χ4v) is 2.89. The molecule has 1 N–H and O–H groups in total. The van der Waals surface area contributed by atoms with Gasteiger partial charge in [0.1, 0.15) is 11.5 Å². The van der Waals surface area contributed by atoms with Gasteiger partial charge < -0.3 is 9.88 Å². The number of H-pyrrole nitrogens is 1. The number of likely N-dealkylation sites (tertiary alicyclic amines) is 1. The molecule has 4 nitrogen and oxygen atoms in total. The minimum absolute atomic E-state index is 0.00490. The molecule has 1 fully saturated rings. The Balaban J connectivity index is 1.62. The third-order valence-electron chi connectivity index (χ3n) is 4.05. The minimum Gasteiger partial charge on any atom is -0.341 e. The first-order valence-corrected chi connectivity index (χ1v) is 7.16. The number of hydrogen-bond acceptors (Lipinski definition) is 2. The highest BCUT2D eigenvalue weighted by atomic mass is 19.1. The van der Waals surface area contributed by atoms with Gasteiger partial charge in [0.05, 0.1) is 12.5 Å². The van der Waals surface area contributed by atoms with E-state index in [0.717, 1.165) is 31.5 Å². The summed E-state index contributed by atoms with van der Waals surface area (Å²) in [5.74, 6) is 0.272. The van der Waals surface area contributed by atoms with E-state index in [1.54, 1.807) is 13.1 Å². The molecule has 1 saturated heterocycles. The van der Waals surface area contributed by atoms with Crippen molar-refractivity contribution < 1.29 is 9.18 Å². The van der Waals surface area contributed by atoms with E-state index >= 15 is 0 Å². The molecule has 1 aromatic carbocycles. The summed E-state index contributed by atoms with van der Waals surface area (Å²) < 4.78 is 13.3. The number of imidazole rings is 1. The summed E-state index contributed by atoms with van der Waals surface area (Å²) in [5, 5.41) is 0. The van der Waals surface area contributed by atoms with Gasteiger partial charge in [-0.15, -0.1) is 0 Å². The summed E-state index contributed by atoms with van der Waals surface area (Å²) in [6, 6.07) is 5.25. The third-order valence-corrected chi connectivity index (χ3v) is 4.05. The summed E-state index contributed by atoms with van der Waals surface area (Å²) in [5.41, 5.74) is 2.35. The first-order chi connectivity index (χ1) is 10.1. The number of carbonyl (C=O) groups is 1. The highest BCUT2D eigenvalue weighted by molar-refractivity contribution is 5.92. The van der Waals surface area contributed by atoms with Crippen molar-refractivity contribution in [1.29, 1.82) is 0 Å². The van der Waals surface area contributed by atoms with Crippen LogP contribution in [0.4, 0.5) is 4.39 Å². The Morgan fingerprint density at radius 1 is 1.52 bits per heavy atom. The van der Waals surface area contributed by atoms with E-state index in [4.69, 9.17) is 0 Å². The number of nitrogens with one attached hydrogen (secondary N) is 1. The van der Waals surface area contributed by atoms with Crippen molar-refractivity contribution in [2.75, 3.05) is 13.1 Å². The number of aromatic amines is 1. The Bertz CT molecular complexity index is 639. The summed E-state index contributed by atoms with van der Waals surface area (Å²) in [4.78, 5) is 20.8. The zero-order valence-corrected chi connectivity index (χ0v) is 12.0.